The molecule has 116 valence electrons. The molecule has 3 rings (SSSR count). The lowest BCUT2D eigenvalue weighted by molar-refractivity contribution is -0.149. The molecule has 1 N–H and O–H groups in total. The van der Waals surface area contributed by atoms with Gasteiger partial charge in [-0.2, -0.15) is 0 Å². The van der Waals surface area contributed by atoms with E-state index >= 15 is 0 Å². The van der Waals surface area contributed by atoms with E-state index in [4.69, 9.17) is 9.47 Å². The van der Waals surface area contributed by atoms with Gasteiger partial charge in [0.1, 0.15) is 6.10 Å². The molecule has 1 aliphatic heterocycles. The smallest absolute Gasteiger partial charge is 0.308 e. The Labute approximate surface area is 129 Å². The second-order valence-corrected chi connectivity index (χ2v) is 5.69. The quantitative estimate of drug-likeness (QED) is 0.669. The van der Waals surface area contributed by atoms with Crippen molar-refractivity contribution in [3.63, 3.8) is 0 Å². The molecule has 1 aromatic carbocycles. The van der Waals surface area contributed by atoms with E-state index in [0.717, 1.165) is 18.4 Å². The summed E-state index contributed by atoms with van der Waals surface area (Å²) >= 11 is 0. The first kappa shape index (κ1) is 14.6. The van der Waals surface area contributed by atoms with Crippen LogP contribution in [0.2, 0.25) is 0 Å². The van der Waals surface area contributed by atoms with Crippen LogP contribution in [0.5, 0.6) is 0 Å². The third kappa shape index (κ3) is 2.98. The molecule has 1 aromatic rings. The van der Waals surface area contributed by atoms with Gasteiger partial charge in [0, 0.05) is 0 Å². The zero-order chi connectivity index (χ0) is 15.5. The van der Waals surface area contributed by atoms with Crippen molar-refractivity contribution in [2.75, 3.05) is 7.11 Å². The highest BCUT2D eigenvalue weighted by molar-refractivity contribution is 5.96. The minimum atomic E-state index is -0.226. The van der Waals surface area contributed by atoms with Crippen LogP contribution < -0.4 is 5.32 Å². The standard InChI is InChI=1S/C17H19NO4/c1-21-17(20)12-7-8-14-13(10-12)18-16(19)15(22-14)9-11-5-3-2-4-6-11/h2-6,9,12-14H,7-8,10H2,1H3,(H,18,19)/b15-9+. The van der Waals surface area contributed by atoms with Crippen LogP contribution >= 0.6 is 0 Å². The molecule has 22 heavy (non-hydrogen) atoms. The van der Waals surface area contributed by atoms with E-state index < -0.39 is 0 Å². The number of carbonyl (C=O) groups excluding carboxylic acids is 2. The van der Waals surface area contributed by atoms with Crippen molar-refractivity contribution in [3.05, 3.63) is 41.7 Å². The zero-order valence-corrected chi connectivity index (χ0v) is 12.5. The van der Waals surface area contributed by atoms with Crippen LogP contribution in [0.15, 0.2) is 36.1 Å². The van der Waals surface area contributed by atoms with Gasteiger partial charge in [0.25, 0.3) is 5.91 Å². The highest BCUT2D eigenvalue weighted by atomic mass is 16.5. The molecule has 1 amide bonds. The summed E-state index contributed by atoms with van der Waals surface area (Å²) in [7, 11) is 1.39. The normalized spacial score (nSPS) is 29.2. The maximum Gasteiger partial charge on any atom is 0.308 e. The fraction of sp³-hybridized carbons (Fsp3) is 0.412. The highest BCUT2D eigenvalue weighted by Gasteiger charge is 2.40. The summed E-state index contributed by atoms with van der Waals surface area (Å²) in [5.41, 5.74) is 0.925. The van der Waals surface area contributed by atoms with E-state index in [-0.39, 0.29) is 29.9 Å². The van der Waals surface area contributed by atoms with Crippen molar-refractivity contribution in [1.29, 1.82) is 0 Å². The van der Waals surface area contributed by atoms with Crippen LogP contribution in [0, 0.1) is 5.92 Å². The van der Waals surface area contributed by atoms with Gasteiger partial charge in [-0.15, -0.1) is 0 Å². The number of methoxy groups -OCH3 is 1. The van der Waals surface area contributed by atoms with Gasteiger partial charge in [-0.1, -0.05) is 30.3 Å². The SMILES string of the molecule is COC(=O)C1CCC2O/C(=C/c3ccccc3)C(=O)NC2C1. The number of ether oxygens (including phenoxy) is 2. The van der Waals surface area contributed by atoms with Crippen molar-refractivity contribution >= 4 is 18.0 Å². The van der Waals surface area contributed by atoms with E-state index in [9.17, 15) is 9.59 Å². The number of hydrogen-bond acceptors (Lipinski definition) is 4. The van der Waals surface area contributed by atoms with Gasteiger partial charge in [-0.25, -0.2) is 0 Å². The van der Waals surface area contributed by atoms with Gasteiger partial charge in [-0.05, 0) is 30.9 Å². The summed E-state index contributed by atoms with van der Waals surface area (Å²) in [4.78, 5) is 23.8. The van der Waals surface area contributed by atoms with Crippen LogP contribution in [0.4, 0.5) is 0 Å². The highest BCUT2D eigenvalue weighted by Crippen LogP contribution is 2.31. The molecule has 1 aliphatic carbocycles. The Bertz CT molecular complexity index is 596. The number of carbonyl (C=O) groups is 2. The van der Waals surface area contributed by atoms with Crippen LogP contribution in [-0.2, 0) is 19.1 Å². The lowest BCUT2D eigenvalue weighted by Crippen LogP contribution is -2.54. The maximum absolute atomic E-state index is 12.2. The van der Waals surface area contributed by atoms with Gasteiger partial charge in [-0.3, -0.25) is 9.59 Å². The van der Waals surface area contributed by atoms with E-state index in [2.05, 4.69) is 5.32 Å². The van der Waals surface area contributed by atoms with Crippen LogP contribution in [-0.4, -0.2) is 31.1 Å². The Morgan fingerprint density at radius 2 is 2.09 bits per heavy atom. The average Bonchev–Trinajstić information content (AvgIpc) is 2.55. The first-order chi connectivity index (χ1) is 10.7. The molecule has 0 spiro atoms. The number of nitrogens with one attached hydrogen (secondary N) is 1. The van der Waals surface area contributed by atoms with Crippen LogP contribution in [0.3, 0.4) is 0 Å². The molecule has 1 saturated carbocycles. The number of amides is 1. The predicted octanol–water partition coefficient (Wildman–Crippen LogP) is 1.88. The number of hydrogen-bond donors (Lipinski definition) is 1. The largest absolute Gasteiger partial charge is 0.483 e. The molecule has 5 nitrogen and oxygen atoms in total. The lowest BCUT2D eigenvalue weighted by atomic mass is 9.83. The van der Waals surface area contributed by atoms with Gasteiger partial charge in [0.05, 0.1) is 19.1 Å². The number of morpholine rings is 1. The first-order valence-corrected chi connectivity index (χ1v) is 7.49. The summed E-state index contributed by atoms with van der Waals surface area (Å²) in [6.07, 6.45) is 3.70. The number of rotatable bonds is 2. The molecule has 0 bridgehead atoms. The number of fused-ring (bicyclic) bond motifs is 1. The number of benzene rings is 1. The molecule has 3 unspecified atom stereocenters. The second-order valence-electron chi connectivity index (χ2n) is 5.69. The Hall–Kier alpha value is -2.30. The third-order valence-electron chi connectivity index (χ3n) is 4.24. The summed E-state index contributed by atoms with van der Waals surface area (Å²) < 4.78 is 10.7. The van der Waals surface area contributed by atoms with E-state index in [0.29, 0.717) is 12.2 Å². The van der Waals surface area contributed by atoms with Gasteiger partial charge in [0.2, 0.25) is 0 Å². The summed E-state index contributed by atoms with van der Waals surface area (Å²) in [6.45, 7) is 0. The summed E-state index contributed by atoms with van der Waals surface area (Å²) in [6, 6.07) is 9.47. The van der Waals surface area contributed by atoms with Crippen molar-refractivity contribution in [1.82, 2.24) is 5.32 Å². The molecule has 2 aliphatic rings. The Kier molecular flexibility index (Phi) is 4.13. The molecule has 2 fully saturated rings. The molecule has 0 aromatic heterocycles. The Morgan fingerprint density at radius 3 is 2.82 bits per heavy atom. The molecular formula is C17H19NO4. The molecular weight excluding hydrogens is 282 g/mol. The molecule has 3 atom stereocenters. The van der Waals surface area contributed by atoms with E-state index in [1.807, 2.05) is 30.3 Å². The molecule has 5 heteroatoms. The van der Waals surface area contributed by atoms with Gasteiger partial charge in [0.15, 0.2) is 5.76 Å². The average molecular weight is 301 g/mol. The Morgan fingerprint density at radius 1 is 1.32 bits per heavy atom. The van der Waals surface area contributed by atoms with Crippen molar-refractivity contribution in [3.8, 4) is 0 Å². The molecule has 1 saturated heterocycles. The van der Waals surface area contributed by atoms with E-state index in [1.54, 1.807) is 6.08 Å². The van der Waals surface area contributed by atoms with Gasteiger partial charge >= 0.3 is 5.97 Å². The summed E-state index contributed by atoms with van der Waals surface area (Å²) in [5.74, 6) is -0.257. The van der Waals surface area contributed by atoms with Crippen LogP contribution in [0.25, 0.3) is 6.08 Å². The zero-order valence-electron chi connectivity index (χ0n) is 12.5. The molecule has 1 heterocycles. The number of esters is 1. The summed E-state index contributed by atoms with van der Waals surface area (Å²) in [5, 5.41) is 2.96. The van der Waals surface area contributed by atoms with Crippen molar-refractivity contribution in [2.45, 2.75) is 31.4 Å². The molecule has 0 radical (unpaired) electrons. The fourth-order valence-electron chi connectivity index (χ4n) is 3.07. The van der Waals surface area contributed by atoms with Crippen molar-refractivity contribution < 1.29 is 19.1 Å². The van der Waals surface area contributed by atoms with Crippen molar-refractivity contribution in [2.24, 2.45) is 5.92 Å². The third-order valence-corrected chi connectivity index (χ3v) is 4.24. The predicted molar refractivity (Wildman–Crippen MR) is 80.6 cm³/mol. The second kappa shape index (κ2) is 6.22. The minimum absolute atomic E-state index is 0.0754. The lowest BCUT2D eigenvalue weighted by Gasteiger charge is -2.39. The van der Waals surface area contributed by atoms with E-state index in [1.165, 1.54) is 7.11 Å². The monoisotopic (exact) mass is 301 g/mol. The Balaban J connectivity index is 1.71. The van der Waals surface area contributed by atoms with Gasteiger partial charge < -0.3 is 14.8 Å². The van der Waals surface area contributed by atoms with Crippen LogP contribution in [0.1, 0.15) is 24.8 Å². The topological polar surface area (TPSA) is 64.6 Å². The fourth-order valence-corrected chi connectivity index (χ4v) is 3.07. The first-order valence-electron chi connectivity index (χ1n) is 7.49. The minimum Gasteiger partial charge on any atom is -0.483 e. The maximum atomic E-state index is 12.2.